The minimum atomic E-state index is -3.71. The first-order valence-electron chi connectivity index (χ1n) is 10.1. The van der Waals surface area contributed by atoms with Crippen molar-refractivity contribution < 1.29 is 22.7 Å². The minimum absolute atomic E-state index is 0.0780. The molecule has 8 nitrogen and oxygen atoms in total. The van der Waals surface area contributed by atoms with Gasteiger partial charge in [-0.1, -0.05) is 6.07 Å². The molecule has 9 heteroatoms. The van der Waals surface area contributed by atoms with Crippen molar-refractivity contribution in [3.05, 3.63) is 24.3 Å². The van der Waals surface area contributed by atoms with Crippen LogP contribution in [0.5, 0.6) is 0 Å². The van der Waals surface area contributed by atoms with Crippen molar-refractivity contribution in [2.75, 3.05) is 18.4 Å². The maximum atomic E-state index is 12.8. The number of rotatable bonds is 4. The van der Waals surface area contributed by atoms with Crippen LogP contribution in [0.15, 0.2) is 29.2 Å². The molecule has 0 aliphatic carbocycles. The molecule has 30 heavy (non-hydrogen) atoms. The average Bonchev–Trinajstić information content (AvgIpc) is 2.58. The Hall–Kier alpha value is -2.13. The predicted molar refractivity (Wildman–Crippen MR) is 116 cm³/mol. The van der Waals surface area contributed by atoms with Crippen LogP contribution in [0.4, 0.5) is 10.5 Å². The van der Waals surface area contributed by atoms with E-state index < -0.39 is 27.3 Å². The van der Waals surface area contributed by atoms with E-state index in [1.165, 1.54) is 12.1 Å². The fraction of sp³-hybridized carbons (Fsp3) is 0.619. The SMILES string of the molecule is CC(C)(C)NS(=O)(=O)c1cccc(NC(=O)C2CCCN(C(=O)OC(C)(C)C)C2)c1. The van der Waals surface area contributed by atoms with Crippen LogP contribution in [0.2, 0.25) is 0 Å². The number of benzene rings is 1. The maximum absolute atomic E-state index is 12.8. The lowest BCUT2D eigenvalue weighted by Gasteiger charge is -2.33. The smallest absolute Gasteiger partial charge is 0.410 e. The van der Waals surface area contributed by atoms with Gasteiger partial charge in [0, 0.05) is 24.3 Å². The molecule has 0 saturated carbocycles. The van der Waals surface area contributed by atoms with Crippen molar-refractivity contribution in [3.8, 4) is 0 Å². The predicted octanol–water partition coefficient (Wildman–Crippen LogP) is 3.35. The quantitative estimate of drug-likeness (QED) is 0.749. The monoisotopic (exact) mass is 439 g/mol. The molecule has 0 spiro atoms. The van der Waals surface area contributed by atoms with E-state index >= 15 is 0 Å². The van der Waals surface area contributed by atoms with Crippen LogP contribution in [0.25, 0.3) is 0 Å². The van der Waals surface area contributed by atoms with Crippen LogP contribution in [0.1, 0.15) is 54.4 Å². The Kier molecular flexibility index (Phi) is 7.19. The maximum Gasteiger partial charge on any atom is 0.410 e. The van der Waals surface area contributed by atoms with Gasteiger partial charge in [-0.25, -0.2) is 17.9 Å². The Bertz CT molecular complexity index is 885. The second-order valence-electron chi connectivity index (χ2n) is 9.64. The molecular formula is C21H33N3O5S. The number of ether oxygens (including phenoxy) is 1. The van der Waals surface area contributed by atoms with Gasteiger partial charge in [0.1, 0.15) is 5.60 Å². The largest absolute Gasteiger partial charge is 0.444 e. The van der Waals surface area contributed by atoms with Gasteiger partial charge in [-0.05, 0) is 72.6 Å². The van der Waals surface area contributed by atoms with E-state index in [2.05, 4.69) is 10.0 Å². The topological polar surface area (TPSA) is 105 Å². The lowest BCUT2D eigenvalue weighted by atomic mass is 9.97. The highest BCUT2D eigenvalue weighted by atomic mass is 32.2. The summed E-state index contributed by atoms with van der Waals surface area (Å²) in [4.78, 5) is 26.7. The first-order chi connectivity index (χ1) is 13.7. The Morgan fingerprint density at radius 1 is 1.13 bits per heavy atom. The molecule has 1 saturated heterocycles. The molecule has 1 aromatic carbocycles. The van der Waals surface area contributed by atoms with Crippen molar-refractivity contribution in [1.82, 2.24) is 9.62 Å². The number of hydrogen-bond acceptors (Lipinski definition) is 5. The molecule has 0 aromatic heterocycles. The molecular weight excluding hydrogens is 406 g/mol. The number of carbonyl (C=O) groups is 2. The molecule has 1 aromatic rings. The van der Waals surface area contributed by atoms with Crippen LogP contribution in [0.3, 0.4) is 0 Å². The Labute approximate surface area is 179 Å². The fourth-order valence-electron chi connectivity index (χ4n) is 3.13. The van der Waals surface area contributed by atoms with Crippen LogP contribution < -0.4 is 10.0 Å². The molecule has 2 amide bonds. The molecule has 168 valence electrons. The number of piperidine rings is 1. The molecule has 1 aliphatic heterocycles. The van der Waals surface area contributed by atoms with Crippen molar-refractivity contribution in [2.45, 2.75) is 70.4 Å². The second kappa shape index (κ2) is 8.93. The lowest BCUT2D eigenvalue weighted by molar-refractivity contribution is -0.121. The number of nitrogens with one attached hydrogen (secondary N) is 2. The summed E-state index contributed by atoms with van der Waals surface area (Å²) in [5.41, 5.74) is -0.823. The summed E-state index contributed by atoms with van der Waals surface area (Å²) in [5.74, 6) is -0.638. The van der Waals surface area contributed by atoms with Gasteiger partial charge >= 0.3 is 6.09 Å². The van der Waals surface area contributed by atoms with Gasteiger partial charge in [-0.15, -0.1) is 0 Å². The second-order valence-corrected chi connectivity index (χ2v) is 11.3. The van der Waals surface area contributed by atoms with Gasteiger partial charge in [-0.3, -0.25) is 4.79 Å². The standard InChI is InChI=1S/C21H33N3O5S/c1-20(2,3)23-30(27,28)17-11-7-10-16(13-17)22-18(25)15-9-8-12-24(14-15)19(26)29-21(4,5)6/h7,10-11,13,15,23H,8-9,12,14H2,1-6H3,(H,22,25). The van der Waals surface area contributed by atoms with E-state index in [0.29, 0.717) is 25.1 Å². The number of nitrogens with zero attached hydrogens (tertiary/aromatic N) is 1. The van der Waals surface area contributed by atoms with E-state index in [0.717, 1.165) is 0 Å². The zero-order valence-electron chi connectivity index (χ0n) is 18.6. The van der Waals surface area contributed by atoms with E-state index in [-0.39, 0.29) is 23.3 Å². The number of anilines is 1. The molecule has 2 rings (SSSR count). The summed E-state index contributed by atoms with van der Waals surface area (Å²) in [6, 6.07) is 6.14. The van der Waals surface area contributed by atoms with Crippen molar-refractivity contribution >= 4 is 27.7 Å². The van der Waals surface area contributed by atoms with Crippen LogP contribution in [-0.2, 0) is 19.6 Å². The third-order valence-corrected chi connectivity index (χ3v) is 6.05. The lowest BCUT2D eigenvalue weighted by Crippen LogP contribution is -2.45. The summed E-state index contributed by atoms with van der Waals surface area (Å²) in [6.45, 7) is 11.5. The highest BCUT2D eigenvalue weighted by Gasteiger charge is 2.31. The Balaban J connectivity index is 2.06. The zero-order valence-corrected chi connectivity index (χ0v) is 19.4. The highest BCUT2D eigenvalue weighted by molar-refractivity contribution is 7.89. The van der Waals surface area contributed by atoms with Crippen molar-refractivity contribution in [2.24, 2.45) is 5.92 Å². The van der Waals surface area contributed by atoms with E-state index in [9.17, 15) is 18.0 Å². The number of carbonyl (C=O) groups excluding carboxylic acids is 2. The molecule has 1 heterocycles. The molecule has 0 bridgehead atoms. The van der Waals surface area contributed by atoms with Gasteiger partial charge in [0.2, 0.25) is 15.9 Å². The average molecular weight is 440 g/mol. The van der Waals surface area contributed by atoms with Crippen LogP contribution in [-0.4, -0.2) is 49.5 Å². The number of amides is 2. The Morgan fingerprint density at radius 3 is 2.40 bits per heavy atom. The highest BCUT2D eigenvalue weighted by Crippen LogP contribution is 2.22. The zero-order chi connectivity index (χ0) is 22.7. The number of likely N-dealkylation sites (tertiary alicyclic amines) is 1. The van der Waals surface area contributed by atoms with Gasteiger partial charge in [0.25, 0.3) is 0 Å². The van der Waals surface area contributed by atoms with E-state index in [1.807, 2.05) is 0 Å². The first-order valence-corrected chi connectivity index (χ1v) is 11.6. The first kappa shape index (κ1) is 24.1. The third-order valence-electron chi connectivity index (χ3n) is 4.30. The van der Waals surface area contributed by atoms with Gasteiger partial charge in [-0.2, -0.15) is 0 Å². The van der Waals surface area contributed by atoms with Gasteiger partial charge < -0.3 is 15.0 Å². The molecule has 0 radical (unpaired) electrons. The van der Waals surface area contributed by atoms with E-state index in [4.69, 9.17) is 4.74 Å². The van der Waals surface area contributed by atoms with Crippen LogP contribution in [0, 0.1) is 5.92 Å². The van der Waals surface area contributed by atoms with E-state index in [1.54, 1.807) is 58.6 Å². The summed E-state index contributed by atoms with van der Waals surface area (Å²) in [7, 11) is -3.71. The summed E-state index contributed by atoms with van der Waals surface area (Å²) in [5, 5.41) is 2.78. The minimum Gasteiger partial charge on any atom is -0.444 e. The fourth-order valence-corrected chi connectivity index (χ4v) is 4.59. The molecule has 1 fully saturated rings. The molecule has 1 unspecified atom stereocenters. The molecule has 1 atom stereocenters. The van der Waals surface area contributed by atoms with Gasteiger partial charge in [0.15, 0.2) is 0 Å². The summed E-state index contributed by atoms with van der Waals surface area (Å²) >= 11 is 0. The van der Waals surface area contributed by atoms with Crippen molar-refractivity contribution in [1.29, 1.82) is 0 Å². The number of hydrogen-bond donors (Lipinski definition) is 2. The third kappa shape index (κ3) is 7.28. The summed E-state index contributed by atoms with van der Waals surface area (Å²) in [6.07, 6.45) is 0.914. The number of sulfonamides is 1. The van der Waals surface area contributed by atoms with Crippen LogP contribution >= 0.6 is 0 Å². The normalized spacial score (nSPS) is 18.1. The summed E-state index contributed by atoms with van der Waals surface area (Å²) < 4.78 is 33.1. The molecule has 1 aliphatic rings. The van der Waals surface area contributed by atoms with Crippen molar-refractivity contribution in [3.63, 3.8) is 0 Å². The Morgan fingerprint density at radius 2 is 1.80 bits per heavy atom. The van der Waals surface area contributed by atoms with Gasteiger partial charge in [0.05, 0.1) is 10.8 Å². The molecule has 2 N–H and O–H groups in total.